The molecule has 158 valence electrons. The fourth-order valence-corrected chi connectivity index (χ4v) is 3.21. The number of nitrogens with zero attached hydrogens (tertiary/aromatic N) is 2. The second kappa shape index (κ2) is 11.4. The molecule has 0 bridgehead atoms. The molecule has 1 aliphatic rings. The Balaban J connectivity index is 0.00000320. The van der Waals surface area contributed by atoms with Crippen LogP contribution in [0.4, 0.5) is 5.69 Å². The zero-order valence-electron chi connectivity index (χ0n) is 16.2. The van der Waals surface area contributed by atoms with Gasteiger partial charge in [0.15, 0.2) is 0 Å². The van der Waals surface area contributed by atoms with Gasteiger partial charge >= 0.3 is 0 Å². The molecule has 30 heavy (non-hydrogen) atoms. The number of amides is 2. The number of piperazine rings is 1. The molecule has 0 spiro atoms. The first kappa shape index (κ1) is 23.5. The molecule has 2 aromatic carbocycles. The number of benzene rings is 2. The van der Waals surface area contributed by atoms with Gasteiger partial charge in [-0.05, 0) is 53.6 Å². The molecule has 2 amide bonds. The van der Waals surface area contributed by atoms with Gasteiger partial charge in [-0.15, -0.1) is 12.4 Å². The van der Waals surface area contributed by atoms with Gasteiger partial charge in [0.1, 0.15) is 0 Å². The minimum atomic E-state index is -0.598. The quantitative estimate of drug-likeness (QED) is 0.416. The summed E-state index contributed by atoms with van der Waals surface area (Å²) in [5, 5.41) is 9.23. The summed E-state index contributed by atoms with van der Waals surface area (Å²) in [7, 11) is 0. The highest BCUT2D eigenvalue weighted by atomic mass is 35.5. The monoisotopic (exact) mass is 447 g/mol. The number of halogens is 2. The van der Waals surface area contributed by atoms with Crippen LogP contribution in [0.15, 0.2) is 60.7 Å². The Kier molecular flexibility index (Phi) is 8.92. The van der Waals surface area contributed by atoms with E-state index in [1.807, 2.05) is 53.4 Å². The predicted molar refractivity (Wildman–Crippen MR) is 122 cm³/mol. The van der Waals surface area contributed by atoms with Crippen LogP contribution >= 0.6 is 24.0 Å². The summed E-state index contributed by atoms with van der Waals surface area (Å²) in [6.45, 7) is 2.86. The topological polar surface area (TPSA) is 72.9 Å². The van der Waals surface area contributed by atoms with Crippen molar-refractivity contribution in [2.75, 3.05) is 31.1 Å². The number of hydrogen-bond donors (Lipinski definition) is 2. The van der Waals surface area contributed by atoms with Gasteiger partial charge in [-0.1, -0.05) is 29.8 Å². The van der Waals surface area contributed by atoms with E-state index in [-0.39, 0.29) is 18.3 Å². The smallest absolute Gasteiger partial charge is 0.267 e. The molecular weight excluding hydrogens is 425 g/mol. The first-order chi connectivity index (χ1) is 14.0. The average molecular weight is 448 g/mol. The first-order valence-electron chi connectivity index (χ1n) is 9.25. The van der Waals surface area contributed by atoms with Crippen LogP contribution in [-0.4, -0.2) is 48.1 Å². The maximum Gasteiger partial charge on any atom is 0.267 e. The minimum Gasteiger partial charge on any atom is -0.368 e. The van der Waals surface area contributed by atoms with E-state index >= 15 is 0 Å². The molecule has 0 aromatic heterocycles. The molecule has 8 heteroatoms. The van der Waals surface area contributed by atoms with Crippen LogP contribution in [0.3, 0.4) is 0 Å². The number of rotatable bonds is 5. The Morgan fingerprint density at radius 1 is 0.933 bits per heavy atom. The third kappa shape index (κ3) is 6.62. The Labute approximate surface area is 186 Å². The third-order valence-electron chi connectivity index (χ3n) is 4.65. The van der Waals surface area contributed by atoms with Crippen molar-refractivity contribution in [2.24, 2.45) is 0 Å². The number of nitrogens with one attached hydrogen (secondary N) is 1. The Morgan fingerprint density at radius 3 is 2.13 bits per heavy atom. The lowest BCUT2D eigenvalue weighted by molar-refractivity contribution is -0.126. The van der Waals surface area contributed by atoms with Crippen LogP contribution in [0.5, 0.6) is 0 Å². The van der Waals surface area contributed by atoms with Gasteiger partial charge < -0.3 is 9.80 Å². The van der Waals surface area contributed by atoms with E-state index in [2.05, 4.69) is 4.90 Å². The lowest BCUT2D eigenvalue weighted by Gasteiger charge is -2.35. The summed E-state index contributed by atoms with van der Waals surface area (Å²) in [6.07, 6.45) is 6.15. The largest absolute Gasteiger partial charge is 0.368 e. The third-order valence-corrected chi connectivity index (χ3v) is 4.90. The molecule has 0 atom stereocenters. The Morgan fingerprint density at radius 2 is 1.53 bits per heavy atom. The zero-order valence-corrected chi connectivity index (χ0v) is 17.8. The van der Waals surface area contributed by atoms with Crippen LogP contribution in [0.1, 0.15) is 11.1 Å². The fourth-order valence-electron chi connectivity index (χ4n) is 3.09. The summed E-state index contributed by atoms with van der Waals surface area (Å²) < 4.78 is 0. The van der Waals surface area contributed by atoms with Crippen molar-refractivity contribution in [3.05, 3.63) is 76.8 Å². The van der Waals surface area contributed by atoms with Crippen LogP contribution < -0.4 is 10.4 Å². The van der Waals surface area contributed by atoms with Crippen molar-refractivity contribution in [1.29, 1.82) is 0 Å². The maximum absolute atomic E-state index is 12.5. The molecule has 2 aromatic rings. The summed E-state index contributed by atoms with van der Waals surface area (Å²) >= 11 is 5.94. The summed E-state index contributed by atoms with van der Waals surface area (Å²) in [4.78, 5) is 27.6. The molecule has 0 radical (unpaired) electrons. The van der Waals surface area contributed by atoms with Crippen LogP contribution in [-0.2, 0) is 9.59 Å². The minimum absolute atomic E-state index is 0. The summed E-state index contributed by atoms with van der Waals surface area (Å²) in [5.41, 5.74) is 4.29. The lowest BCUT2D eigenvalue weighted by atomic mass is 10.1. The van der Waals surface area contributed by atoms with Gasteiger partial charge in [0.05, 0.1) is 0 Å². The molecule has 6 nitrogen and oxygen atoms in total. The number of anilines is 1. The maximum atomic E-state index is 12.5. The number of carbonyl (C=O) groups excluding carboxylic acids is 2. The normalized spacial score (nSPS) is 14.1. The number of carbonyl (C=O) groups is 2. The van der Waals surface area contributed by atoms with Gasteiger partial charge in [0, 0.05) is 49.0 Å². The van der Waals surface area contributed by atoms with E-state index in [1.165, 1.54) is 6.08 Å². The Bertz CT molecular complexity index is 921. The summed E-state index contributed by atoms with van der Waals surface area (Å²) in [6, 6.07) is 15.1. The van der Waals surface area contributed by atoms with E-state index in [9.17, 15) is 9.59 Å². The van der Waals surface area contributed by atoms with Crippen molar-refractivity contribution in [2.45, 2.75) is 0 Å². The molecule has 1 fully saturated rings. The van der Waals surface area contributed by atoms with Crippen molar-refractivity contribution in [3.8, 4) is 0 Å². The fraction of sp³-hybridized carbons (Fsp3) is 0.182. The molecular formula is C22H23Cl2N3O3. The Hall–Kier alpha value is -2.80. The molecule has 1 aliphatic heterocycles. The van der Waals surface area contributed by atoms with Crippen LogP contribution in [0.25, 0.3) is 12.2 Å². The van der Waals surface area contributed by atoms with E-state index in [4.69, 9.17) is 16.8 Å². The standard InChI is InChI=1S/C22H22ClN3O3.ClH/c23-19-6-8-20(9-7-19)25-12-14-26(15-13-25)22(28)11-5-18-3-1-2-17(16-18)4-10-21(27)24-29;/h1-11,16,29H,12-15H2,(H,24,27);1H. The molecule has 3 rings (SSSR count). The number of hydroxylamine groups is 1. The zero-order chi connectivity index (χ0) is 20.6. The van der Waals surface area contributed by atoms with Gasteiger partial charge in [0.25, 0.3) is 5.91 Å². The van der Waals surface area contributed by atoms with Crippen molar-refractivity contribution in [1.82, 2.24) is 10.4 Å². The van der Waals surface area contributed by atoms with Crippen molar-refractivity contribution < 1.29 is 14.8 Å². The molecule has 0 aliphatic carbocycles. The molecule has 2 N–H and O–H groups in total. The highest BCUT2D eigenvalue weighted by Crippen LogP contribution is 2.19. The van der Waals surface area contributed by atoms with Gasteiger partial charge in [0.2, 0.25) is 5.91 Å². The lowest BCUT2D eigenvalue weighted by Crippen LogP contribution is -2.48. The van der Waals surface area contributed by atoms with E-state index in [1.54, 1.807) is 23.7 Å². The first-order valence-corrected chi connectivity index (χ1v) is 9.63. The van der Waals surface area contributed by atoms with Gasteiger partial charge in [-0.3, -0.25) is 14.8 Å². The highest BCUT2D eigenvalue weighted by molar-refractivity contribution is 6.30. The number of hydrogen-bond acceptors (Lipinski definition) is 4. The van der Waals surface area contributed by atoms with Gasteiger partial charge in [-0.2, -0.15) is 0 Å². The molecule has 0 saturated carbocycles. The molecule has 1 heterocycles. The average Bonchev–Trinajstić information content (AvgIpc) is 2.76. The van der Waals surface area contributed by atoms with E-state index in [0.29, 0.717) is 18.1 Å². The SMILES string of the molecule is Cl.O=C(C=Cc1cccc(C=CC(=O)N2CCN(c3ccc(Cl)cc3)CC2)c1)NO. The molecule has 0 unspecified atom stereocenters. The predicted octanol–water partition coefficient (Wildman–Crippen LogP) is 3.64. The second-order valence-corrected chi connectivity index (χ2v) is 7.04. The molecule has 1 saturated heterocycles. The van der Waals surface area contributed by atoms with E-state index in [0.717, 1.165) is 29.9 Å². The van der Waals surface area contributed by atoms with Crippen LogP contribution in [0.2, 0.25) is 5.02 Å². The van der Waals surface area contributed by atoms with Crippen molar-refractivity contribution >= 4 is 53.7 Å². The van der Waals surface area contributed by atoms with E-state index < -0.39 is 5.91 Å². The highest BCUT2D eigenvalue weighted by Gasteiger charge is 2.19. The second-order valence-electron chi connectivity index (χ2n) is 6.60. The van der Waals surface area contributed by atoms with Gasteiger partial charge in [-0.25, -0.2) is 5.48 Å². The van der Waals surface area contributed by atoms with Crippen molar-refractivity contribution in [3.63, 3.8) is 0 Å². The van der Waals surface area contributed by atoms with Crippen LogP contribution in [0, 0.1) is 0 Å². The summed E-state index contributed by atoms with van der Waals surface area (Å²) in [5.74, 6) is -0.625.